The molecule has 1 aromatic carbocycles. The van der Waals surface area contributed by atoms with Gasteiger partial charge in [-0.25, -0.2) is 9.98 Å². The van der Waals surface area contributed by atoms with Crippen LogP contribution in [0.1, 0.15) is 30.2 Å². The Kier molecular flexibility index (Phi) is 11.8. The highest BCUT2D eigenvalue weighted by atomic mass is 127. The number of nitrogens with one attached hydrogen (secondary N) is 2. The minimum atomic E-state index is 0. The van der Waals surface area contributed by atoms with E-state index in [0.717, 1.165) is 48.4 Å². The third-order valence-corrected chi connectivity index (χ3v) is 4.72. The SMILES string of the molecule is CCNC(=NCc1ncc(CC)s1)NCCCOc1cccc(OC)c1.I. The molecule has 0 bridgehead atoms. The number of aliphatic imine (C=N–C) groups is 1. The number of rotatable bonds is 10. The van der Waals surface area contributed by atoms with Crippen LogP contribution >= 0.6 is 35.3 Å². The molecule has 0 aliphatic heterocycles. The van der Waals surface area contributed by atoms with E-state index in [1.165, 1.54) is 4.88 Å². The van der Waals surface area contributed by atoms with Crippen LogP contribution in [0.3, 0.4) is 0 Å². The van der Waals surface area contributed by atoms with Gasteiger partial charge in [0, 0.05) is 30.2 Å². The molecule has 0 aliphatic carbocycles. The highest BCUT2D eigenvalue weighted by molar-refractivity contribution is 14.0. The van der Waals surface area contributed by atoms with E-state index in [1.807, 2.05) is 30.5 Å². The van der Waals surface area contributed by atoms with Gasteiger partial charge >= 0.3 is 0 Å². The van der Waals surface area contributed by atoms with Gasteiger partial charge in [0.1, 0.15) is 16.5 Å². The van der Waals surface area contributed by atoms with E-state index in [1.54, 1.807) is 18.4 Å². The minimum Gasteiger partial charge on any atom is -0.497 e. The second kappa shape index (κ2) is 13.6. The van der Waals surface area contributed by atoms with Crippen molar-refractivity contribution in [1.82, 2.24) is 15.6 Å². The Labute approximate surface area is 182 Å². The summed E-state index contributed by atoms with van der Waals surface area (Å²) in [6, 6.07) is 7.64. The zero-order chi connectivity index (χ0) is 18.6. The first-order valence-corrected chi connectivity index (χ1v) is 9.79. The number of hydrogen-bond acceptors (Lipinski definition) is 5. The molecule has 1 aromatic heterocycles. The topological polar surface area (TPSA) is 67.8 Å². The molecular weight excluding hydrogens is 475 g/mol. The average Bonchev–Trinajstić information content (AvgIpc) is 3.14. The Bertz CT molecular complexity index is 694. The van der Waals surface area contributed by atoms with E-state index in [9.17, 15) is 0 Å². The van der Waals surface area contributed by atoms with E-state index in [-0.39, 0.29) is 24.0 Å². The fourth-order valence-corrected chi connectivity index (χ4v) is 3.02. The lowest BCUT2D eigenvalue weighted by Crippen LogP contribution is -2.38. The quantitative estimate of drug-likeness (QED) is 0.223. The lowest BCUT2D eigenvalue weighted by molar-refractivity contribution is 0.308. The van der Waals surface area contributed by atoms with E-state index in [4.69, 9.17) is 9.47 Å². The molecule has 1 heterocycles. The molecular formula is C19H29IN4O2S. The second-order valence-corrected chi connectivity index (χ2v) is 6.78. The molecule has 2 aromatic rings. The highest BCUT2D eigenvalue weighted by Gasteiger charge is 2.02. The number of aromatic nitrogens is 1. The number of guanidine groups is 1. The number of hydrogen-bond donors (Lipinski definition) is 2. The van der Waals surface area contributed by atoms with Gasteiger partial charge in [0.05, 0.1) is 20.3 Å². The molecule has 0 spiro atoms. The van der Waals surface area contributed by atoms with Crippen molar-refractivity contribution in [3.8, 4) is 11.5 Å². The van der Waals surface area contributed by atoms with Crippen LogP contribution in [0.25, 0.3) is 0 Å². The first kappa shape index (κ1) is 23.5. The Balaban J connectivity index is 0.00000364. The summed E-state index contributed by atoms with van der Waals surface area (Å²) in [6.07, 6.45) is 3.83. The van der Waals surface area contributed by atoms with E-state index in [2.05, 4.69) is 34.5 Å². The first-order valence-electron chi connectivity index (χ1n) is 8.97. The number of thiazole rings is 1. The smallest absolute Gasteiger partial charge is 0.191 e. The lowest BCUT2D eigenvalue weighted by Gasteiger charge is -2.11. The van der Waals surface area contributed by atoms with Crippen LogP contribution in [-0.2, 0) is 13.0 Å². The molecule has 150 valence electrons. The van der Waals surface area contributed by atoms with Crippen LogP contribution in [-0.4, -0.2) is 37.7 Å². The van der Waals surface area contributed by atoms with Crippen molar-refractivity contribution in [3.63, 3.8) is 0 Å². The summed E-state index contributed by atoms with van der Waals surface area (Å²) in [6.45, 7) is 7.03. The van der Waals surface area contributed by atoms with Gasteiger partial charge in [-0.15, -0.1) is 35.3 Å². The Morgan fingerprint density at radius 1 is 1.22 bits per heavy atom. The fourth-order valence-electron chi connectivity index (χ4n) is 2.23. The molecule has 6 nitrogen and oxygen atoms in total. The summed E-state index contributed by atoms with van der Waals surface area (Å²) in [4.78, 5) is 10.3. The molecule has 0 fully saturated rings. The van der Waals surface area contributed by atoms with Crippen LogP contribution in [0.2, 0.25) is 0 Å². The maximum Gasteiger partial charge on any atom is 0.191 e. The number of aryl methyl sites for hydroxylation is 1. The minimum absolute atomic E-state index is 0. The number of nitrogens with zero attached hydrogens (tertiary/aromatic N) is 2. The van der Waals surface area contributed by atoms with E-state index < -0.39 is 0 Å². The first-order chi connectivity index (χ1) is 12.7. The van der Waals surface area contributed by atoms with Crippen molar-refractivity contribution in [2.75, 3.05) is 26.8 Å². The van der Waals surface area contributed by atoms with Crippen molar-refractivity contribution in [1.29, 1.82) is 0 Å². The van der Waals surface area contributed by atoms with Gasteiger partial charge in [-0.3, -0.25) is 0 Å². The highest BCUT2D eigenvalue weighted by Crippen LogP contribution is 2.18. The average molecular weight is 504 g/mol. The lowest BCUT2D eigenvalue weighted by atomic mass is 10.3. The predicted octanol–water partition coefficient (Wildman–Crippen LogP) is 3.86. The zero-order valence-electron chi connectivity index (χ0n) is 16.2. The van der Waals surface area contributed by atoms with Gasteiger partial charge in [0.2, 0.25) is 0 Å². The molecule has 27 heavy (non-hydrogen) atoms. The third kappa shape index (κ3) is 8.79. The number of benzene rings is 1. The molecule has 0 amide bonds. The Morgan fingerprint density at radius 3 is 2.74 bits per heavy atom. The van der Waals surface area contributed by atoms with Crippen LogP contribution in [0.5, 0.6) is 11.5 Å². The van der Waals surface area contributed by atoms with Crippen LogP contribution < -0.4 is 20.1 Å². The van der Waals surface area contributed by atoms with Crippen LogP contribution in [0.4, 0.5) is 0 Å². The van der Waals surface area contributed by atoms with Crippen molar-refractivity contribution >= 4 is 41.3 Å². The molecule has 0 atom stereocenters. The Hall–Kier alpha value is -1.55. The summed E-state index contributed by atoms with van der Waals surface area (Å²) in [5.74, 6) is 2.43. The molecule has 2 N–H and O–H groups in total. The van der Waals surface area contributed by atoms with Crippen LogP contribution in [0, 0.1) is 0 Å². The van der Waals surface area contributed by atoms with E-state index in [0.29, 0.717) is 13.2 Å². The van der Waals surface area contributed by atoms with Crippen molar-refractivity contribution in [3.05, 3.63) is 40.3 Å². The van der Waals surface area contributed by atoms with Gasteiger partial charge in [-0.05, 0) is 31.9 Å². The molecule has 8 heteroatoms. The van der Waals surface area contributed by atoms with Crippen molar-refractivity contribution in [2.45, 2.75) is 33.2 Å². The van der Waals surface area contributed by atoms with E-state index >= 15 is 0 Å². The largest absolute Gasteiger partial charge is 0.497 e. The van der Waals surface area contributed by atoms with Crippen LogP contribution in [0.15, 0.2) is 35.5 Å². The normalized spacial score (nSPS) is 10.9. The van der Waals surface area contributed by atoms with Gasteiger partial charge in [-0.1, -0.05) is 13.0 Å². The number of methoxy groups -OCH3 is 1. The molecule has 0 saturated heterocycles. The monoisotopic (exact) mass is 504 g/mol. The summed E-state index contributed by atoms with van der Waals surface area (Å²) in [5.41, 5.74) is 0. The summed E-state index contributed by atoms with van der Waals surface area (Å²) >= 11 is 1.72. The molecule has 0 unspecified atom stereocenters. The Morgan fingerprint density at radius 2 is 2.04 bits per heavy atom. The zero-order valence-corrected chi connectivity index (χ0v) is 19.3. The third-order valence-electron chi connectivity index (χ3n) is 3.59. The van der Waals surface area contributed by atoms with Gasteiger partial charge in [-0.2, -0.15) is 0 Å². The van der Waals surface area contributed by atoms with Gasteiger partial charge in [0.25, 0.3) is 0 Å². The molecule has 0 radical (unpaired) electrons. The van der Waals surface area contributed by atoms with Crippen molar-refractivity contribution < 1.29 is 9.47 Å². The fraction of sp³-hybridized carbons (Fsp3) is 0.474. The van der Waals surface area contributed by atoms with Crippen molar-refractivity contribution in [2.24, 2.45) is 4.99 Å². The van der Waals surface area contributed by atoms with Gasteiger partial charge < -0.3 is 20.1 Å². The summed E-state index contributed by atoms with van der Waals surface area (Å²) < 4.78 is 10.9. The summed E-state index contributed by atoms with van der Waals surface area (Å²) in [7, 11) is 1.65. The maximum atomic E-state index is 5.75. The molecule has 0 saturated carbocycles. The molecule has 2 rings (SSSR count). The predicted molar refractivity (Wildman–Crippen MR) is 123 cm³/mol. The number of halogens is 1. The molecule has 0 aliphatic rings. The second-order valence-electron chi connectivity index (χ2n) is 5.58. The standard InChI is InChI=1S/C19H28N4O2S.HI/c1-4-17-13-22-18(26-17)14-23-19(20-5-2)21-10-7-11-25-16-9-6-8-15(12-16)24-3;/h6,8-9,12-13H,4-5,7,10-11,14H2,1-3H3,(H2,20,21,23);1H. The summed E-state index contributed by atoms with van der Waals surface area (Å²) in [5, 5.41) is 7.63. The maximum absolute atomic E-state index is 5.75. The number of ether oxygens (including phenoxy) is 2. The van der Waals surface area contributed by atoms with Gasteiger partial charge in [0.15, 0.2) is 5.96 Å².